The molecule has 0 aliphatic rings. The summed E-state index contributed by atoms with van der Waals surface area (Å²) in [7, 11) is -4.19. The molecule has 3 rings (SSSR count). The molecule has 8 heteroatoms. The molecule has 35 heavy (non-hydrogen) atoms. The maximum absolute atomic E-state index is 12.9. The van der Waals surface area contributed by atoms with Gasteiger partial charge in [0.25, 0.3) is 5.91 Å². The van der Waals surface area contributed by atoms with Gasteiger partial charge in [0.1, 0.15) is 10.5 Å². The molecule has 3 aromatic carbocycles. The predicted octanol–water partition coefficient (Wildman–Crippen LogP) is 4.37. The Morgan fingerprint density at radius 3 is 2.37 bits per heavy atom. The lowest BCUT2D eigenvalue weighted by Gasteiger charge is -2.15. The minimum Gasteiger partial charge on any atom is -0.452 e. The standard InChI is InChI=1S/C27H29NO6S/c1-19-13-14-20(2)25(17-19)35(31,32)34-24-12-8-7-11-23(24)27(30)33-18-26(29)28-21(3)15-16-22-9-5-4-6-10-22/h4-14,17,21H,15-16,18H2,1-3H3,(H,28,29). The Morgan fingerprint density at radius 1 is 0.943 bits per heavy atom. The number of aryl methyl sites for hydroxylation is 3. The van der Waals surface area contributed by atoms with E-state index in [1.54, 1.807) is 38.1 Å². The summed E-state index contributed by atoms with van der Waals surface area (Å²) < 4.78 is 36.1. The lowest BCUT2D eigenvalue weighted by atomic mass is 10.1. The highest BCUT2D eigenvalue weighted by molar-refractivity contribution is 7.87. The average Bonchev–Trinajstić information content (AvgIpc) is 2.83. The van der Waals surface area contributed by atoms with Crippen molar-refractivity contribution < 1.29 is 26.9 Å². The predicted molar refractivity (Wildman–Crippen MR) is 133 cm³/mol. The molecule has 0 aliphatic heterocycles. The van der Waals surface area contributed by atoms with E-state index < -0.39 is 28.6 Å². The number of para-hydroxylation sites is 1. The van der Waals surface area contributed by atoms with Crippen LogP contribution < -0.4 is 9.50 Å². The highest BCUT2D eigenvalue weighted by Crippen LogP contribution is 2.26. The van der Waals surface area contributed by atoms with Gasteiger partial charge in [-0.1, -0.05) is 54.6 Å². The summed E-state index contributed by atoms with van der Waals surface area (Å²) in [5.74, 6) is -1.47. The quantitative estimate of drug-likeness (QED) is 0.331. The third kappa shape index (κ3) is 7.42. The third-order valence-electron chi connectivity index (χ3n) is 5.37. The van der Waals surface area contributed by atoms with Gasteiger partial charge in [-0.2, -0.15) is 8.42 Å². The van der Waals surface area contributed by atoms with Crippen LogP contribution in [-0.4, -0.2) is 32.9 Å². The normalized spacial score (nSPS) is 12.0. The Balaban J connectivity index is 1.59. The van der Waals surface area contributed by atoms with E-state index in [0.29, 0.717) is 5.56 Å². The fourth-order valence-electron chi connectivity index (χ4n) is 3.47. The number of rotatable bonds is 10. The average molecular weight is 496 g/mol. The number of hydrogen-bond acceptors (Lipinski definition) is 6. The number of ether oxygens (including phenoxy) is 1. The van der Waals surface area contributed by atoms with Crippen LogP contribution in [0, 0.1) is 13.8 Å². The van der Waals surface area contributed by atoms with E-state index in [1.165, 1.54) is 23.8 Å². The summed E-state index contributed by atoms with van der Waals surface area (Å²) in [4.78, 5) is 24.9. The third-order valence-corrected chi connectivity index (χ3v) is 6.75. The molecule has 0 aromatic heterocycles. The summed E-state index contributed by atoms with van der Waals surface area (Å²) in [6.45, 7) is 4.82. The van der Waals surface area contributed by atoms with Crippen LogP contribution in [0.4, 0.5) is 0 Å². The number of nitrogens with one attached hydrogen (secondary N) is 1. The fraction of sp³-hybridized carbons (Fsp3) is 0.259. The van der Waals surface area contributed by atoms with Crippen molar-refractivity contribution in [3.63, 3.8) is 0 Å². The second kappa shape index (κ2) is 11.7. The lowest BCUT2D eigenvalue weighted by Crippen LogP contribution is -2.36. The van der Waals surface area contributed by atoms with Crippen LogP contribution in [0.1, 0.15) is 40.4 Å². The van der Waals surface area contributed by atoms with Crippen molar-refractivity contribution in [2.75, 3.05) is 6.61 Å². The molecule has 1 amide bonds. The van der Waals surface area contributed by atoms with E-state index in [4.69, 9.17) is 8.92 Å². The number of carbonyl (C=O) groups is 2. The van der Waals surface area contributed by atoms with Crippen LogP contribution in [0.2, 0.25) is 0 Å². The molecule has 7 nitrogen and oxygen atoms in total. The number of amides is 1. The zero-order valence-corrected chi connectivity index (χ0v) is 20.8. The van der Waals surface area contributed by atoms with Gasteiger partial charge in [-0.3, -0.25) is 4.79 Å². The van der Waals surface area contributed by atoms with E-state index in [0.717, 1.165) is 18.4 Å². The summed E-state index contributed by atoms with van der Waals surface area (Å²) >= 11 is 0. The number of hydrogen-bond donors (Lipinski definition) is 1. The number of benzene rings is 3. The molecule has 0 fully saturated rings. The first-order chi connectivity index (χ1) is 16.7. The van der Waals surface area contributed by atoms with Gasteiger partial charge in [-0.15, -0.1) is 0 Å². The van der Waals surface area contributed by atoms with Crippen molar-refractivity contribution in [1.29, 1.82) is 0 Å². The van der Waals surface area contributed by atoms with Crippen LogP contribution >= 0.6 is 0 Å². The molecule has 0 heterocycles. The van der Waals surface area contributed by atoms with Gasteiger partial charge in [0.05, 0.1) is 0 Å². The summed E-state index contributed by atoms with van der Waals surface area (Å²) in [6.07, 6.45) is 1.54. The maximum atomic E-state index is 12.9. The van der Waals surface area contributed by atoms with E-state index in [-0.39, 0.29) is 22.3 Å². The molecule has 0 spiro atoms. The van der Waals surface area contributed by atoms with Gasteiger partial charge in [0.15, 0.2) is 12.4 Å². The molecular formula is C27H29NO6S. The second-order valence-electron chi connectivity index (χ2n) is 8.37. The van der Waals surface area contributed by atoms with Crippen LogP contribution in [0.5, 0.6) is 5.75 Å². The van der Waals surface area contributed by atoms with E-state index >= 15 is 0 Å². The highest BCUT2D eigenvalue weighted by Gasteiger charge is 2.24. The SMILES string of the molecule is Cc1ccc(C)c(S(=O)(=O)Oc2ccccc2C(=O)OCC(=O)NC(C)CCc2ccccc2)c1. The van der Waals surface area contributed by atoms with Crippen LogP contribution in [0.25, 0.3) is 0 Å². The second-order valence-corrected chi connectivity index (χ2v) is 9.89. The Hall–Kier alpha value is -3.65. The largest absolute Gasteiger partial charge is 0.452 e. The van der Waals surface area contributed by atoms with Gasteiger partial charge in [-0.25, -0.2) is 4.79 Å². The minimum atomic E-state index is -4.19. The Morgan fingerprint density at radius 2 is 1.63 bits per heavy atom. The van der Waals surface area contributed by atoms with Crippen LogP contribution in [0.15, 0.2) is 77.7 Å². The van der Waals surface area contributed by atoms with Crippen molar-refractivity contribution in [1.82, 2.24) is 5.32 Å². The fourth-order valence-corrected chi connectivity index (χ4v) is 4.74. The molecule has 0 bridgehead atoms. The zero-order valence-electron chi connectivity index (χ0n) is 20.0. The van der Waals surface area contributed by atoms with Gasteiger partial charge in [-0.05, 0) is 68.5 Å². The molecule has 0 saturated carbocycles. The summed E-state index contributed by atoms with van der Waals surface area (Å²) in [5, 5.41) is 2.80. The first kappa shape index (κ1) is 26.0. The number of carbonyl (C=O) groups excluding carboxylic acids is 2. The molecular weight excluding hydrogens is 466 g/mol. The summed E-state index contributed by atoms with van der Waals surface area (Å²) in [5.41, 5.74) is 2.36. The smallest absolute Gasteiger partial charge is 0.342 e. The van der Waals surface area contributed by atoms with Crippen LogP contribution in [0.3, 0.4) is 0 Å². The molecule has 0 aliphatic carbocycles. The van der Waals surface area contributed by atoms with Crippen molar-refractivity contribution in [2.24, 2.45) is 0 Å². The molecule has 1 N–H and O–H groups in total. The molecule has 1 atom stereocenters. The van der Waals surface area contributed by atoms with Gasteiger partial charge < -0.3 is 14.2 Å². The first-order valence-electron chi connectivity index (χ1n) is 11.3. The highest BCUT2D eigenvalue weighted by atomic mass is 32.2. The van der Waals surface area contributed by atoms with Crippen molar-refractivity contribution in [3.8, 4) is 5.75 Å². The number of esters is 1. The Labute approximate surface area is 206 Å². The molecule has 3 aromatic rings. The molecule has 184 valence electrons. The minimum absolute atomic E-state index is 0.0181. The maximum Gasteiger partial charge on any atom is 0.342 e. The monoisotopic (exact) mass is 495 g/mol. The van der Waals surface area contributed by atoms with Crippen LogP contribution in [-0.2, 0) is 26.1 Å². The summed E-state index contributed by atoms with van der Waals surface area (Å²) in [6, 6.07) is 20.7. The van der Waals surface area contributed by atoms with Crippen molar-refractivity contribution in [3.05, 3.63) is 95.1 Å². The topological polar surface area (TPSA) is 98.8 Å². The molecule has 0 radical (unpaired) electrons. The van der Waals surface area contributed by atoms with Gasteiger partial charge >= 0.3 is 16.1 Å². The van der Waals surface area contributed by atoms with E-state index in [2.05, 4.69) is 5.32 Å². The first-order valence-corrected chi connectivity index (χ1v) is 12.7. The lowest BCUT2D eigenvalue weighted by molar-refractivity contribution is -0.124. The molecule has 0 saturated heterocycles. The van der Waals surface area contributed by atoms with E-state index in [1.807, 2.05) is 37.3 Å². The Kier molecular flexibility index (Phi) is 8.65. The van der Waals surface area contributed by atoms with E-state index in [9.17, 15) is 18.0 Å². The van der Waals surface area contributed by atoms with Crippen molar-refractivity contribution in [2.45, 2.75) is 44.6 Å². The molecule has 1 unspecified atom stereocenters. The van der Waals surface area contributed by atoms with Gasteiger partial charge in [0.2, 0.25) is 0 Å². The van der Waals surface area contributed by atoms with Gasteiger partial charge in [0, 0.05) is 6.04 Å². The van der Waals surface area contributed by atoms with Crippen molar-refractivity contribution >= 4 is 22.0 Å². The Bertz CT molecular complexity index is 1290. The zero-order chi connectivity index (χ0) is 25.4.